The van der Waals surface area contributed by atoms with Crippen LogP contribution in [0.25, 0.3) is 0 Å². The summed E-state index contributed by atoms with van der Waals surface area (Å²) < 4.78 is 21.5. The summed E-state index contributed by atoms with van der Waals surface area (Å²) in [6.07, 6.45) is 5.48. The van der Waals surface area contributed by atoms with Crippen molar-refractivity contribution in [2.75, 3.05) is 30.1 Å². The predicted molar refractivity (Wildman–Crippen MR) is 62.6 cm³/mol. The first-order valence-electron chi connectivity index (χ1n) is 4.92. The number of sulfone groups is 1. The molecule has 0 aromatic rings. The van der Waals surface area contributed by atoms with Crippen LogP contribution in [0.4, 0.5) is 0 Å². The Morgan fingerprint density at radius 1 is 1.07 bits per heavy atom. The van der Waals surface area contributed by atoms with Gasteiger partial charge in [0.15, 0.2) is 0 Å². The smallest absolute Gasteiger partial charge is 0.148 e. The molecule has 5 heteroatoms. The molecule has 0 amide bonds. The predicted octanol–water partition coefficient (Wildman–Crippen LogP) is 1.32. The number of aliphatic hydroxyl groups excluding tert-OH is 1. The van der Waals surface area contributed by atoms with E-state index in [9.17, 15) is 8.42 Å². The van der Waals surface area contributed by atoms with Crippen molar-refractivity contribution in [1.29, 1.82) is 0 Å². The molecule has 0 aliphatic heterocycles. The van der Waals surface area contributed by atoms with E-state index in [0.29, 0.717) is 5.75 Å². The first-order valence-corrected chi connectivity index (χ1v) is 8.14. The Kier molecular flexibility index (Phi) is 8.72. The molecule has 0 saturated heterocycles. The van der Waals surface area contributed by atoms with Crippen LogP contribution >= 0.6 is 11.8 Å². The van der Waals surface area contributed by atoms with Gasteiger partial charge in [-0.05, 0) is 18.6 Å². The maximum atomic E-state index is 10.8. The Morgan fingerprint density at radius 3 is 2.29 bits per heavy atom. The van der Waals surface area contributed by atoms with E-state index in [1.54, 1.807) is 11.8 Å². The van der Waals surface area contributed by atoms with E-state index in [1.165, 1.54) is 6.26 Å². The van der Waals surface area contributed by atoms with Crippen LogP contribution in [-0.4, -0.2) is 43.6 Å². The highest BCUT2D eigenvalue weighted by molar-refractivity contribution is 8.00. The van der Waals surface area contributed by atoms with Crippen molar-refractivity contribution in [3.63, 3.8) is 0 Å². The summed E-state index contributed by atoms with van der Waals surface area (Å²) in [4.78, 5) is 0. The van der Waals surface area contributed by atoms with Crippen LogP contribution in [0.5, 0.6) is 0 Å². The van der Waals surface area contributed by atoms with Crippen LogP contribution in [-0.2, 0) is 9.84 Å². The fraction of sp³-hybridized carbons (Fsp3) is 1.00. The lowest BCUT2D eigenvalue weighted by atomic mass is 10.2. The van der Waals surface area contributed by atoms with Gasteiger partial charge in [-0.1, -0.05) is 12.8 Å². The highest BCUT2D eigenvalue weighted by Gasteiger charge is 2.00. The van der Waals surface area contributed by atoms with Crippen molar-refractivity contribution in [2.45, 2.75) is 25.7 Å². The summed E-state index contributed by atoms with van der Waals surface area (Å²) in [5.41, 5.74) is 0. The van der Waals surface area contributed by atoms with Crippen molar-refractivity contribution in [2.24, 2.45) is 0 Å². The van der Waals surface area contributed by atoms with Crippen molar-refractivity contribution in [3.8, 4) is 0 Å². The Balaban J connectivity index is 3.07. The molecule has 86 valence electrons. The van der Waals surface area contributed by atoms with E-state index in [2.05, 4.69) is 0 Å². The number of hydrogen-bond acceptors (Lipinski definition) is 4. The number of thioether (sulfide) groups is 1. The highest BCUT2D eigenvalue weighted by atomic mass is 32.2. The van der Waals surface area contributed by atoms with E-state index >= 15 is 0 Å². The summed E-state index contributed by atoms with van der Waals surface area (Å²) in [5.74, 6) is 2.02. The third-order valence-corrected chi connectivity index (χ3v) is 4.07. The van der Waals surface area contributed by atoms with Gasteiger partial charge in [-0.25, -0.2) is 8.42 Å². The number of rotatable bonds is 9. The van der Waals surface area contributed by atoms with Gasteiger partial charge in [0.1, 0.15) is 9.84 Å². The third kappa shape index (κ3) is 12.3. The lowest BCUT2D eigenvalue weighted by Gasteiger charge is -2.00. The van der Waals surface area contributed by atoms with Gasteiger partial charge in [-0.15, -0.1) is 0 Å². The SMILES string of the molecule is CS(=O)(=O)CCSCCCCCCO. The summed E-state index contributed by atoms with van der Waals surface area (Å²) in [5, 5.41) is 8.52. The van der Waals surface area contributed by atoms with Gasteiger partial charge in [-0.2, -0.15) is 11.8 Å². The zero-order chi connectivity index (χ0) is 10.9. The van der Waals surface area contributed by atoms with Crippen LogP contribution in [0.1, 0.15) is 25.7 Å². The minimum absolute atomic E-state index is 0.279. The molecular weight excluding hydrogens is 220 g/mol. The summed E-state index contributed by atoms with van der Waals surface area (Å²) in [6.45, 7) is 0.279. The van der Waals surface area contributed by atoms with Crippen LogP contribution in [0.3, 0.4) is 0 Å². The molecule has 0 aromatic heterocycles. The second kappa shape index (κ2) is 8.56. The Morgan fingerprint density at radius 2 is 1.71 bits per heavy atom. The van der Waals surface area contributed by atoms with Crippen molar-refractivity contribution >= 4 is 21.6 Å². The molecule has 0 fully saturated rings. The molecule has 0 spiro atoms. The lowest BCUT2D eigenvalue weighted by molar-refractivity contribution is 0.283. The fourth-order valence-corrected chi connectivity index (χ4v) is 3.28. The molecule has 0 aromatic carbocycles. The van der Waals surface area contributed by atoms with Crippen LogP contribution < -0.4 is 0 Å². The van der Waals surface area contributed by atoms with Crippen molar-refractivity contribution < 1.29 is 13.5 Å². The van der Waals surface area contributed by atoms with Gasteiger partial charge in [-0.3, -0.25) is 0 Å². The quantitative estimate of drug-likeness (QED) is 0.618. The molecule has 0 atom stereocenters. The van der Waals surface area contributed by atoms with Crippen LogP contribution in [0, 0.1) is 0 Å². The van der Waals surface area contributed by atoms with Gasteiger partial charge in [0.25, 0.3) is 0 Å². The van der Waals surface area contributed by atoms with E-state index in [1.807, 2.05) is 0 Å². The first kappa shape index (κ1) is 14.3. The molecule has 0 unspecified atom stereocenters. The molecule has 1 N–H and O–H groups in total. The second-order valence-electron chi connectivity index (χ2n) is 3.38. The standard InChI is InChI=1S/C9H20O3S2/c1-14(11,12)9-8-13-7-5-3-2-4-6-10/h10H,2-9H2,1H3. The van der Waals surface area contributed by atoms with E-state index < -0.39 is 9.84 Å². The Bertz CT molecular complexity index is 212. The van der Waals surface area contributed by atoms with Gasteiger partial charge >= 0.3 is 0 Å². The Labute approximate surface area is 91.2 Å². The maximum Gasteiger partial charge on any atom is 0.148 e. The average molecular weight is 240 g/mol. The van der Waals surface area contributed by atoms with Gasteiger partial charge < -0.3 is 5.11 Å². The maximum absolute atomic E-state index is 10.8. The molecule has 14 heavy (non-hydrogen) atoms. The number of unbranched alkanes of at least 4 members (excludes halogenated alkanes) is 3. The van der Waals surface area contributed by atoms with Crippen molar-refractivity contribution in [1.82, 2.24) is 0 Å². The normalized spacial score (nSPS) is 11.9. The van der Waals surface area contributed by atoms with Gasteiger partial charge in [0, 0.05) is 18.6 Å². The molecule has 0 aliphatic rings. The fourth-order valence-electron chi connectivity index (χ4n) is 0.982. The number of aliphatic hydroxyl groups is 1. The molecular formula is C9H20O3S2. The molecule has 0 aliphatic carbocycles. The molecule has 0 radical (unpaired) electrons. The van der Waals surface area contributed by atoms with Gasteiger partial charge in [0.2, 0.25) is 0 Å². The zero-order valence-corrected chi connectivity index (χ0v) is 10.4. The monoisotopic (exact) mass is 240 g/mol. The largest absolute Gasteiger partial charge is 0.396 e. The minimum atomic E-state index is -2.78. The summed E-state index contributed by atoms with van der Waals surface area (Å²) in [6, 6.07) is 0. The van der Waals surface area contributed by atoms with Gasteiger partial charge in [0.05, 0.1) is 5.75 Å². The van der Waals surface area contributed by atoms with Crippen LogP contribution in [0.15, 0.2) is 0 Å². The number of hydrogen-bond donors (Lipinski definition) is 1. The molecule has 3 nitrogen and oxygen atoms in total. The zero-order valence-electron chi connectivity index (χ0n) is 8.74. The first-order chi connectivity index (χ1) is 6.56. The highest BCUT2D eigenvalue weighted by Crippen LogP contribution is 2.07. The topological polar surface area (TPSA) is 54.4 Å². The molecule has 0 bridgehead atoms. The van der Waals surface area contributed by atoms with Crippen LogP contribution in [0.2, 0.25) is 0 Å². The summed E-state index contributed by atoms with van der Waals surface area (Å²) >= 11 is 1.70. The molecule has 0 saturated carbocycles. The lowest BCUT2D eigenvalue weighted by Crippen LogP contribution is -2.05. The van der Waals surface area contributed by atoms with E-state index in [-0.39, 0.29) is 12.4 Å². The van der Waals surface area contributed by atoms with E-state index in [4.69, 9.17) is 5.11 Å². The Hall–Kier alpha value is 0.260. The molecule has 0 heterocycles. The third-order valence-electron chi connectivity index (χ3n) is 1.80. The minimum Gasteiger partial charge on any atom is -0.396 e. The molecule has 0 rings (SSSR count). The summed E-state index contributed by atoms with van der Waals surface area (Å²) in [7, 11) is -2.78. The van der Waals surface area contributed by atoms with E-state index in [0.717, 1.165) is 31.4 Å². The second-order valence-corrected chi connectivity index (χ2v) is 6.86. The van der Waals surface area contributed by atoms with Crippen molar-refractivity contribution in [3.05, 3.63) is 0 Å². The average Bonchev–Trinajstić information content (AvgIpc) is 2.08.